The number of carbonyl (C=O) groups is 1. The zero-order valence-electron chi connectivity index (χ0n) is 11.8. The van der Waals surface area contributed by atoms with E-state index < -0.39 is 17.5 Å². The lowest BCUT2D eigenvalue weighted by Gasteiger charge is -2.26. The minimum absolute atomic E-state index is 0.174. The largest absolute Gasteiger partial charge is 0.376 e. The third kappa shape index (κ3) is 4.75. The maximum Gasteiger partial charge on any atom is 0.254 e. The van der Waals surface area contributed by atoms with Crippen molar-refractivity contribution in [3.63, 3.8) is 0 Å². The van der Waals surface area contributed by atoms with E-state index in [4.69, 9.17) is 10.5 Å². The standard InChI is InChI=1S/C15H20F2N2O2/c16-10-1-6-14(17)13(9-10)15(20)19-7-8-21-12-4-2-11(18)3-5-12/h1,6,9,11-12H,2-5,7-8,18H2,(H,19,20). The molecule has 0 aliphatic heterocycles. The second kappa shape index (κ2) is 7.47. The van der Waals surface area contributed by atoms with E-state index in [9.17, 15) is 13.6 Å². The van der Waals surface area contributed by atoms with Crippen molar-refractivity contribution in [3.05, 3.63) is 35.4 Å². The van der Waals surface area contributed by atoms with Gasteiger partial charge in [0.05, 0.1) is 18.3 Å². The molecule has 1 aromatic carbocycles. The average Bonchev–Trinajstić information content (AvgIpc) is 2.47. The molecule has 1 saturated carbocycles. The second-order valence-corrected chi connectivity index (χ2v) is 5.29. The molecule has 2 rings (SSSR count). The van der Waals surface area contributed by atoms with Crippen molar-refractivity contribution >= 4 is 5.91 Å². The van der Waals surface area contributed by atoms with Gasteiger partial charge >= 0.3 is 0 Å². The molecule has 1 fully saturated rings. The number of nitrogens with two attached hydrogens (primary N) is 1. The molecule has 0 spiro atoms. The highest BCUT2D eigenvalue weighted by molar-refractivity contribution is 5.94. The number of benzene rings is 1. The van der Waals surface area contributed by atoms with E-state index in [1.807, 2.05) is 0 Å². The summed E-state index contributed by atoms with van der Waals surface area (Å²) in [5.74, 6) is -2.02. The van der Waals surface area contributed by atoms with Gasteiger partial charge in [-0.3, -0.25) is 4.79 Å². The van der Waals surface area contributed by atoms with Gasteiger partial charge in [-0.25, -0.2) is 8.78 Å². The predicted octanol–water partition coefficient (Wildman–Crippen LogP) is 1.98. The lowest BCUT2D eigenvalue weighted by atomic mass is 9.94. The fourth-order valence-electron chi connectivity index (χ4n) is 2.41. The summed E-state index contributed by atoms with van der Waals surface area (Å²) < 4.78 is 32.0. The van der Waals surface area contributed by atoms with Gasteiger partial charge in [-0.05, 0) is 43.9 Å². The van der Waals surface area contributed by atoms with Crippen LogP contribution in [0, 0.1) is 11.6 Å². The van der Waals surface area contributed by atoms with Crippen LogP contribution in [-0.2, 0) is 4.74 Å². The van der Waals surface area contributed by atoms with E-state index in [1.54, 1.807) is 0 Å². The summed E-state index contributed by atoms with van der Waals surface area (Å²) >= 11 is 0. The number of carbonyl (C=O) groups excluding carboxylic acids is 1. The van der Waals surface area contributed by atoms with E-state index in [2.05, 4.69) is 5.32 Å². The number of amides is 1. The Kier molecular flexibility index (Phi) is 5.64. The third-order valence-corrected chi connectivity index (χ3v) is 3.63. The molecule has 3 N–H and O–H groups in total. The number of halogens is 2. The number of hydrogen-bond donors (Lipinski definition) is 2. The highest BCUT2D eigenvalue weighted by atomic mass is 19.1. The third-order valence-electron chi connectivity index (χ3n) is 3.63. The van der Waals surface area contributed by atoms with Gasteiger partial charge in [0.25, 0.3) is 5.91 Å². The van der Waals surface area contributed by atoms with Crippen molar-refractivity contribution < 1.29 is 18.3 Å². The smallest absolute Gasteiger partial charge is 0.254 e. The molecule has 0 heterocycles. The molecule has 6 heteroatoms. The molecular weight excluding hydrogens is 278 g/mol. The fourth-order valence-corrected chi connectivity index (χ4v) is 2.41. The van der Waals surface area contributed by atoms with Gasteiger partial charge in [0.1, 0.15) is 11.6 Å². The molecule has 0 aromatic heterocycles. The zero-order valence-corrected chi connectivity index (χ0v) is 11.8. The molecular formula is C15H20F2N2O2. The summed E-state index contributed by atoms with van der Waals surface area (Å²) in [6.07, 6.45) is 3.92. The Bertz CT molecular complexity index is 489. The molecule has 4 nitrogen and oxygen atoms in total. The quantitative estimate of drug-likeness (QED) is 0.817. The van der Waals surface area contributed by atoms with Gasteiger partial charge in [-0.15, -0.1) is 0 Å². The molecule has 0 radical (unpaired) electrons. The van der Waals surface area contributed by atoms with E-state index >= 15 is 0 Å². The monoisotopic (exact) mass is 298 g/mol. The van der Waals surface area contributed by atoms with Gasteiger partial charge in [-0.1, -0.05) is 0 Å². The molecule has 1 aliphatic rings. The first-order valence-corrected chi connectivity index (χ1v) is 7.16. The Balaban J connectivity index is 1.71. The molecule has 1 amide bonds. The van der Waals surface area contributed by atoms with Crippen LogP contribution in [0.4, 0.5) is 8.78 Å². The fraction of sp³-hybridized carbons (Fsp3) is 0.533. The summed E-state index contributed by atoms with van der Waals surface area (Å²) in [4.78, 5) is 11.7. The van der Waals surface area contributed by atoms with Gasteiger partial charge in [-0.2, -0.15) is 0 Å². The number of nitrogens with one attached hydrogen (secondary N) is 1. The summed E-state index contributed by atoms with van der Waals surface area (Å²) in [6, 6.07) is 3.06. The summed E-state index contributed by atoms with van der Waals surface area (Å²) in [5.41, 5.74) is 5.51. The van der Waals surface area contributed by atoms with E-state index in [-0.39, 0.29) is 24.3 Å². The molecule has 0 saturated heterocycles. The maximum atomic E-state index is 13.4. The lowest BCUT2D eigenvalue weighted by molar-refractivity contribution is 0.0267. The molecule has 1 aliphatic carbocycles. The number of ether oxygens (including phenoxy) is 1. The second-order valence-electron chi connectivity index (χ2n) is 5.29. The molecule has 1 aromatic rings. The van der Waals surface area contributed by atoms with Crippen LogP contribution in [0.3, 0.4) is 0 Å². The Morgan fingerprint density at radius 3 is 2.71 bits per heavy atom. The van der Waals surface area contributed by atoms with Crippen LogP contribution in [0.1, 0.15) is 36.0 Å². The molecule has 0 unspecified atom stereocenters. The first-order chi connectivity index (χ1) is 10.1. The van der Waals surface area contributed by atoms with Crippen LogP contribution in [-0.4, -0.2) is 31.2 Å². The first kappa shape index (κ1) is 15.9. The SMILES string of the molecule is NC1CCC(OCCNC(=O)c2cc(F)ccc2F)CC1. The van der Waals surface area contributed by atoms with Gasteiger partial charge < -0.3 is 15.8 Å². The molecule has 0 atom stereocenters. The Morgan fingerprint density at radius 2 is 2.00 bits per heavy atom. The average molecular weight is 298 g/mol. The minimum Gasteiger partial charge on any atom is -0.376 e. The van der Waals surface area contributed by atoms with E-state index in [0.717, 1.165) is 43.9 Å². The van der Waals surface area contributed by atoms with Crippen LogP contribution in [0.5, 0.6) is 0 Å². The Labute approximate surface area is 122 Å². The lowest BCUT2D eigenvalue weighted by Crippen LogP contribution is -2.33. The van der Waals surface area contributed by atoms with Crippen molar-refractivity contribution in [2.75, 3.05) is 13.2 Å². The van der Waals surface area contributed by atoms with Crippen molar-refractivity contribution in [2.45, 2.75) is 37.8 Å². The van der Waals surface area contributed by atoms with Crippen LogP contribution in [0.2, 0.25) is 0 Å². The first-order valence-electron chi connectivity index (χ1n) is 7.16. The molecule has 0 bridgehead atoms. The van der Waals surface area contributed by atoms with Crippen molar-refractivity contribution in [1.29, 1.82) is 0 Å². The molecule has 21 heavy (non-hydrogen) atoms. The van der Waals surface area contributed by atoms with E-state index in [0.29, 0.717) is 6.61 Å². The molecule has 116 valence electrons. The normalized spacial score (nSPS) is 22.0. The summed E-state index contributed by atoms with van der Waals surface area (Å²) in [6.45, 7) is 0.611. The van der Waals surface area contributed by atoms with Crippen LogP contribution >= 0.6 is 0 Å². The van der Waals surface area contributed by atoms with Crippen LogP contribution < -0.4 is 11.1 Å². The van der Waals surface area contributed by atoms with Crippen molar-refractivity contribution in [1.82, 2.24) is 5.32 Å². The van der Waals surface area contributed by atoms with Gasteiger partial charge in [0.15, 0.2) is 0 Å². The topological polar surface area (TPSA) is 64.3 Å². The van der Waals surface area contributed by atoms with Gasteiger partial charge in [0.2, 0.25) is 0 Å². The highest BCUT2D eigenvalue weighted by Gasteiger charge is 2.19. The summed E-state index contributed by atoms with van der Waals surface area (Å²) in [5, 5.41) is 2.52. The van der Waals surface area contributed by atoms with Crippen LogP contribution in [0.15, 0.2) is 18.2 Å². The zero-order chi connectivity index (χ0) is 15.2. The number of rotatable bonds is 5. The minimum atomic E-state index is -0.740. The van der Waals surface area contributed by atoms with Crippen molar-refractivity contribution in [3.8, 4) is 0 Å². The highest BCUT2D eigenvalue weighted by Crippen LogP contribution is 2.19. The number of hydrogen-bond acceptors (Lipinski definition) is 3. The van der Waals surface area contributed by atoms with Gasteiger partial charge in [0, 0.05) is 12.6 Å². The predicted molar refractivity (Wildman–Crippen MR) is 74.9 cm³/mol. The Hall–Kier alpha value is -1.53. The van der Waals surface area contributed by atoms with E-state index in [1.165, 1.54) is 0 Å². The van der Waals surface area contributed by atoms with Crippen LogP contribution in [0.25, 0.3) is 0 Å². The van der Waals surface area contributed by atoms with Crippen molar-refractivity contribution in [2.24, 2.45) is 5.73 Å². The Morgan fingerprint density at radius 1 is 1.29 bits per heavy atom. The maximum absolute atomic E-state index is 13.4. The summed E-state index contributed by atoms with van der Waals surface area (Å²) in [7, 11) is 0.